The molecule has 1 N–H and O–H groups in total. The summed E-state index contributed by atoms with van der Waals surface area (Å²) in [6.45, 7) is -0.0270. The summed E-state index contributed by atoms with van der Waals surface area (Å²) in [5, 5.41) is 20.6. The van der Waals surface area contributed by atoms with Gasteiger partial charge in [0.15, 0.2) is 0 Å². The number of aliphatic hydroxyl groups is 1. The maximum atomic E-state index is 11.5. The van der Waals surface area contributed by atoms with Gasteiger partial charge in [0.25, 0.3) is 5.70 Å². The highest BCUT2D eigenvalue weighted by molar-refractivity contribution is 8.08. The Balaban J connectivity index is 2.59. The van der Waals surface area contributed by atoms with Crippen molar-refractivity contribution in [3.05, 3.63) is 81.9 Å². The summed E-state index contributed by atoms with van der Waals surface area (Å²) in [4.78, 5) is 11.8. The zero-order valence-corrected chi connectivity index (χ0v) is 12.1. The molecule has 2 aromatic rings. The molecule has 0 bridgehead atoms. The summed E-state index contributed by atoms with van der Waals surface area (Å²) >= 11 is 1.29. The average Bonchev–Trinajstić information content (AvgIpc) is 2.52. The zero-order valence-electron chi connectivity index (χ0n) is 11.3. The van der Waals surface area contributed by atoms with Crippen molar-refractivity contribution in [3.63, 3.8) is 0 Å². The van der Waals surface area contributed by atoms with Crippen molar-refractivity contribution < 1.29 is 10.0 Å². The van der Waals surface area contributed by atoms with E-state index in [0.29, 0.717) is 16.2 Å². The topological polar surface area (TPSA) is 63.4 Å². The number of thioether (sulfide) groups is 1. The highest BCUT2D eigenvalue weighted by Gasteiger charge is 2.22. The third-order valence-electron chi connectivity index (χ3n) is 2.82. The molecule has 0 aromatic heterocycles. The van der Waals surface area contributed by atoms with E-state index in [0.717, 1.165) is 5.56 Å². The molecule has 2 aromatic carbocycles. The van der Waals surface area contributed by atoms with Crippen molar-refractivity contribution in [2.75, 3.05) is 12.4 Å². The highest BCUT2D eigenvalue weighted by Crippen LogP contribution is 2.35. The van der Waals surface area contributed by atoms with E-state index >= 15 is 0 Å². The van der Waals surface area contributed by atoms with Crippen LogP contribution in [0.2, 0.25) is 0 Å². The molecule has 4 nitrogen and oxygen atoms in total. The predicted octanol–water partition coefficient (Wildman–Crippen LogP) is 3.51. The summed E-state index contributed by atoms with van der Waals surface area (Å²) < 4.78 is 0. The largest absolute Gasteiger partial charge is 0.396 e. The molecule has 2 rings (SSSR count). The zero-order chi connectivity index (χ0) is 15.1. The van der Waals surface area contributed by atoms with E-state index in [1.54, 1.807) is 24.3 Å². The van der Waals surface area contributed by atoms with Gasteiger partial charge in [-0.2, -0.15) is 0 Å². The van der Waals surface area contributed by atoms with Crippen LogP contribution in [0.15, 0.2) is 60.7 Å². The molecule has 0 saturated carbocycles. The van der Waals surface area contributed by atoms with E-state index in [-0.39, 0.29) is 17.2 Å². The average molecular weight is 301 g/mol. The Morgan fingerprint density at radius 3 is 2.00 bits per heavy atom. The summed E-state index contributed by atoms with van der Waals surface area (Å²) in [5.41, 5.74) is 1.42. The van der Waals surface area contributed by atoms with Crippen molar-refractivity contribution in [1.29, 1.82) is 0 Å². The van der Waals surface area contributed by atoms with Gasteiger partial charge in [0.1, 0.15) is 0 Å². The molecular formula is C16H15NO3S. The van der Waals surface area contributed by atoms with Crippen LogP contribution in [0.1, 0.15) is 11.1 Å². The third-order valence-corrected chi connectivity index (χ3v) is 3.92. The fourth-order valence-electron chi connectivity index (χ4n) is 1.94. The standard InChI is InChI=1S/C16H15NO3S/c18-11-12-21-16(14-9-5-2-6-10-14)15(17(19)20)13-7-3-1-4-8-13/h1-10,18H,11-12H2/b16-15+. The SMILES string of the molecule is O=[N+]([O-])/C(=C(/SCCO)c1ccccc1)c1ccccc1. The van der Waals surface area contributed by atoms with Crippen LogP contribution in [0.3, 0.4) is 0 Å². The van der Waals surface area contributed by atoms with Crippen LogP contribution < -0.4 is 0 Å². The molecule has 0 atom stereocenters. The first-order valence-electron chi connectivity index (χ1n) is 6.47. The minimum atomic E-state index is -0.359. The molecular weight excluding hydrogens is 286 g/mol. The van der Waals surface area contributed by atoms with Gasteiger partial charge in [-0.3, -0.25) is 10.1 Å². The van der Waals surface area contributed by atoms with Crippen molar-refractivity contribution in [2.24, 2.45) is 0 Å². The Hall–Kier alpha value is -2.11. The molecule has 0 spiro atoms. The Morgan fingerprint density at radius 2 is 1.52 bits per heavy atom. The molecule has 0 radical (unpaired) electrons. The van der Waals surface area contributed by atoms with Crippen molar-refractivity contribution in [3.8, 4) is 0 Å². The van der Waals surface area contributed by atoms with Crippen molar-refractivity contribution in [2.45, 2.75) is 0 Å². The summed E-state index contributed by atoms with van der Waals surface area (Å²) in [5.74, 6) is 0.411. The fourth-order valence-corrected chi connectivity index (χ4v) is 2.87. The van der Waals surface area contributed by atoms with E-state index in [4.69, 9.17) is 5.11 Å². The minimum Gasteiger partial charge on any atom is -0.396 e. The second-order valence-electron chi connectivity index (χ2n) is 4.24. The van der Waals surface area contributed by atoms with Gasteiger partial charge in [-0.05, 0) is 17.7 Å². The van der Waals surface area contributed by atoms with Gasteiger partial charge in [-0.15, -0.1) is 11.8 Å². The lowest BCUT2D eigenvalue weighted by molar-refractivity contribution is -0.374. The molecule has 0 aliphatic heterocycles. The first-order valence-corrected chi connectivity index (χ1v) is 7.45. The molecule has 0 fully saturated rings. The Kier molecular flexibility index (Phi) is 5.54. The van der Waals surface area contributed by atoms with E-state index in [9.17, 15) is 10.1 Å². The Morgan fingerprint density at radius 1 is 1.00 bits per heavy atom. The van der Waals surface area contributed by atoms with E-state index in [2.05, 4.69) is 0 Å². The third kappa shape index (κ3) is 3.93. The number of nitrogens with zero attached hydrogens (tertiary/aromatic N) is 1. The second-order valence-corrected chi connectivity index (χ2v) is 5.34. The molecule has 0 aliphatic rings. The van der Waals surface area contributed by atoms with Gasteiger partial charge in [0.2, 0.25) is 0 Å². The molecule has 0 aliphatic carbocycles. The Bertz CT molecular complexity index is 626. The van der Waals surface area contributed by atoms with Crippen LogP contribution in [0, 0.1) is 10.1 Å². The number of rotatable bonds is 6. The van der Waals surface area contributed by atoms with Crippen LogP contribution >= 0.6 is 11.8 Å². The molecule has 0 unspecified atom stereocenters. The smallest absolute Gasteiger partial charge is 0.290 e. The lowest BCUT2D eigenvalue weighted by Gasteiger charge is -2.09. The van der Waals surface area contributed by atoms with Crippen LogP contribution in [-0.2, 0) is 0 Å². The maximum absolute atomic E-state index is 11.5. The number of benzene rings is 2. The van der Waals surface area contributed by atoms with Crippen molar-refractivity contribution >= 4 is 22.4 Å². The molecule has 5 heteroatoms. The van der Waals surface area contributed by atoms with E-state index in [1.807, 2.05) is 36.4 Å². The van der Waals surface area contributed by atoms with E-state index < -0.39 is 0 Å². The van der Waals surface area contributed by atoms with Gasteiger partial charge in [-0.1, -0.05) is 48.5 Å². The molecule has 0 amide bonds. The quantitative estimate of drug-likeness (QED) is 0.504. The van der Waals surface area contributed by atoms with Crippen LogP contribution in [-0.4, -0.2) is 22.4 Å². The highest BCUT2D eigenvalue weighted by atomic mass is 32.2. The maximum Gasteiger partial charge on any atom is 0.290 e. The van der Waals surface area contributed by atoms with Crippen LogP contribution in [0.25, 0.3) is 10.6 Å². The summed E-state index contributed by atoms with van der Waals surface area (Å²) in [7, 11) is 0. The van der Waals surface area contributed by atoms with Gasteiger partial charge < -0.3 is 5.11 Å². The van der Waals surface area contributed by atoms with Crippen LogP contribution in [0.5, 0.6) is 0 Å². The summed E-state index contributed by atoms with van der Waals surface area (Å²) in [6.07, 6.45) is 0. The number of nitro groups is 1. The minimum absolute atomic E-state index is 0.0270. The van der Waals surface area contributed by atoms with Gasteiger partial charge in [0, 0.05) is 5.75 Å². The number of aliphatic hydroxyl groups excluding tert-OH is 1. The predicted molar refractivity (Wildman–Crippen MR) is 86.2 cm³/mol. The lowest BCUT2D eigenvalue weighted by atomic mass is 10.1. The summed E-state index contributed by atoms with van der Waals surface area (Å²) in [6, 6.07) is 18.1. The Labute approximate surface area is 127 Å². The molecule has 0 heterocycles. The second kappa shape index (κ2) is 7.61. The van der Waals surface area contributed by atoms with Gasteiger partial charge >= 0.3 is 0 Å². The fraction of sp³-hybridized carbons (Fsp3) is 0.125. The van der Waals surface area contributed by atoms with Gasteiger partial charge in [0.05, 0.1) is 22.0 Å². The molecule has 108 valence electrons. The molecule has 0 saturated heterocycles. The monoisotopic (exact) mass is 301 g/mol. The van der Waals surface area contributed by atoms with Gasteiger partial charge in [-0.25, -0.2) is 0 Å². The van der Waals surface area contributed by atoms with Crippen LogP contribution in [0.4, 0.5) is 0 Å². The first-order chi connectivity index (χ1) is 10.2. The van der Waals surface area contributed by atoms with Crippen molar-refractivity contribution in [1.82, 2.24) is 0 Å². The lowest BCUT2D eigenvalue weighted by Crippen LogP contribution is -2.02. The number of hydrogen-bond acceptors (Lipinski definition) is 4. The normalized spacial score (nSPS) is 11.9. The number of hydrogen-bond donors (Lipinski definition) is 1. The van der Waals surface area contributed by atoms with E-state index in [1.165, 1.54) is 11.8 Å². The molecule has 21 heavy (non-hydrogen) atoms. The first kappa shape index (κ1) is 15.3.